The van der Waals surface area contributed by atoms with Crippen molar-refractivity contribution in [1.29, 1.82) is 0 Å². The molecular formula is C23H22N2O2. The van der Waals surface area contributed by atoms with Crippen molar-refractivity contribution >= 4 is 28.3 Å². The summed E-state index contributed by atoms with van der Waals surface area (Å²) in [6, 6.07) is 21.5. The van der Waals surface area contributed by atoms with Gasteiger partial charge in [-0.2, -0.15) is 0 Å². The number of carbonyl (C=O) groups excluding carboxylic acids is 2. The Morgan fingerprint density at radius 3 is 2.41 bits per heavy atom. The molecule has 1 fully saturated rings. The maximum atomic E-state index is 12.8. The van der Waals surface area contributed by atoms with Gasteiger partial charge in [-0.1, -0.05) is 42.5 Å². The van der Waals surface area contributed by atoms with Gasteiger partial charge < -0.3 is 10.2 Å². The normalized spacial score (nSPS) is 13.4. The van der Waals surface area contributed by atoms with E-state index in [-0.39, 0.29) is 17.7 Å². The van der Waals surface area contributed by atoms with E-state index in [2.05, 4.69) is 29.6 Å². The first-order valence-corrected chi connectivity index (χ1v) is 9.25. The summed E-state index contributed by atoms with van der Waals surface area (Å²) in [5.74, 6) is 0.197. The Hall–Kier alpha value is -3.14. The van der Waals surface area contributed by atoms with Crippen LogP contribution in [0.15, 0.2) is 66.7 Å². The highest BCUT2D eigenvalue weighted by atomic mass is 16.2. The number of nitrogens with zero attached hydrogens (tertiary/aromatic N) is 1. The van der Waals surface area contributed by atoms with Gasteiger partial charge >= 0.3 is 0 Å². The molecule has 27 heavy (non-hydrogen) atoms. The monoisotopic (exact) mass is 358 g/mol. The fourth-order valence-electron chi connectivity index (χ4n) is 3.26. The molecule has 0 aliphatic heterocycles. The number of fused-ring (bicyclic) bond motifs is 1. The minimum atomic E-state index is -0.0389. The number of hydrogen-bond acceptors (Lipinski definition) is 2. The SMILES string of the molecule is CN(Cc1cccc2ccccc12)C(=O)c1ccc(NC(=O)C2CC2)cc1. The quantitative estimate of drug-likeness (QED) is 0.732. The second-order valence-electron chi connectivity index (χ2n) is 7.14. The smallest absolute Gasteiger partial charge is 0.253 e. The third-order valence-electron chi connectivity index (χ3n) is 4.98. The first-order chi connectivity index (χ1) is 13.1. The molecule has 3 aromatic carbocycles. The summed E-state index contributed by atoms with van der Waals surface area (Å²) in [5.41, 5.74) is 2.47. The number of anilines is 1. The van der Waals surface area contributed by atoms with Crippen LogP contribution in [0, 0.1) is 5.92 Å². The molecule has 0 heterocycles. The summed E-state index contributed by atoms with van der Waals surface area (Å²) in [6.45, 7) is 0.542. The molecule has 136 valence electrons. The van der Waals surface area contributed by atoms with Gasteiger partial charge in [0.1, 0.15) is 0 Å². The minimum Gasteiger partial charge on any atom is -0.337 e. The van der Waals surface area contributed by atoms with Crippen LogP contribution in [0.1, 0.15) is 28.8 Å². The summed E-state index contributed by atoms with van der Waals surface area (Å²) in [4.78, 5) is 26.3. The molecule has 3 aromatic rings. The van der Waals surface area contributed by atoms with Crippen LogP contribution in [0.5, 0.6) is 0 Å². The van der Waals surface area contributed by atoms with Crippen LogP contribution in [0.25, 0.3) is 10.8 Å². The lowest BCUT2D eigenvalue weighted by atomic mass is 10.0. The Labute approximate surface area is 158 Å². The van der Waals surface area contributed by atoms with E-state index in [1.807, 2.05) is 25.2 Å². The highest BCUT2D eigenvalue weighted by molar-refractivity contribution is 5.97. The van der Waals surface area contributed by atoms with Gasteiger partial charge in [-0.3, -0.25) is 9.59 Å². The van der Waals surface area contributed by atoms with Crippen LogP contribution in [0.4, 0.5) is 5.69 Å². The molecule has 0 radical (unpaired) electrons. The van der Waals surface area contributed by atoms with Gasteiger partial charge in [0, 0.05) is 30.8 Å². The lowest BCUT2D eigenvalue weighted by molar-refractivity contribution is -0.117. The van der Waals surface area contributed by atoms with Crippen LogP contribution in [-0.4, -0.2) is 23.8 Å². The molecule has 1 aliphatic carbocycles. The van der Waals surface area contributed by atoms with Crippen molar-refractivity contribution in [2.75, 3.05) is 12.4 Å². The number of nitrogens with one attached hydrogen (secondary N) is 1. The van der Waals surface area contributed by atoms with E-state index in [9.17, 15) is 9.59 Å². The minimum absolute atomic E-state index is 0.0389. The third-order valence-corrected chi connectivity index (χ3v) is 4.98. The van der Waals surface area contributed by atoms with Crippen molar-refractivity contribution in [2.24, 2.45) is 5.92 Å². The second-order valence-corrected chi connectivity index (χ2v) is 7.14. The first kappa shape index (κ1) is 17.3. The van der Waals surface area contributed by atoms with Crippen LogP contribution in [0.3, 0.4) is 0 Å². The molecule has 1 aliphatic rings. The topological polar surface area (TPSA) is 49.4 Å². The second kappa shape index (κ2) is 7.23. The van der Waals surface area contributed by atoms with Gasteiger partial charge in [-0.05, 0) is 53.4 Å². The van der Waals surface area contributed by atoms with Crippen molar-refractivity contribution < 1.29 is 9.59 Å². The highest BCUT2D eigenvalue weighted by Gasteiger charge is 2.29. The molecule has 1 N–H and O–H groups in total. The van der Waals surface area contributed by atoms with Crippen molar-refractivity contribution in [2.45, 2.75) is 19.4 Å². The van der Waals surface area contributed by atoms with E-state index in [4.69, 9.17) is 0 Å². The number of carbonyl (C=O) groups is 2. The Bertz CT molecular complexity index is 985. The van der Waals surface area contributed by atoms with Crippen molar-refractivity contribution in [3.8, 4) is 0 Å². The van der Waals surface area contributed by atoms with Gasteiger partial charge in [0.05, 0.1) is 0 Å². The standard InChI is InChI=1S/C23H22N2O2/c1-25(15-19-7-4-6-16-5-2-3-8-21(16)19)23(27)18-11-13-20(14-12-18)24-22(26)17-9-10-17/h2-8,11-14,17H,9-10,15H2,1H3,(H,24,26). The Morgan fingerprint density at radius 2 is 1.67 bits per heavy atom. The lowest BCUT2D eigenvalue weighted by Crippen LogP contribution is -2.26. The molecule has 0 bridgehead atoms. The molecule has 4 rings (SSSR count). The maximum Gasteiger partial charge on any atom is 0.253 e. The van der Waals surface area contributed by atoms with E-state index >= 15 is 0 Å². The molecule has 0 saturated heterocycles. The molecule has 4 nitrogen and oxygen atoms in total. The van der Waals surface area contributed by atoms with Crippen LogP contribution in [0.2, 0.25) is 0 Å². The number of hydrogen-bond donors (Lipinski definition) is 1. The van der Waals surface area contributed by atoms with Gasteiger partial charge in [0.25, 0.3) is 5.91 Å². The number of rotatable bonds is 5. The van der Waals surface area contributed by atoms with Gasteiger partial charge in [-0.15, -0.1) is 0 Å². The van der Waals surface area contributed by atoms with Crippen molar-refractivity contribution in [3.05, 3.63) is 77.9 Å². The van der Waals surface area contributed by atoms with Crippen molar-refractivity contribution in [1.82, 2.24) is 4.90 Å². The summed E-state index contributed by atoms with van der Waals surface area (Å²) in [5, 5.41) is 5.23. The van der Waals surface area contributed by atoms with E-state index in [0.29, 0.717) is 12.1 Å². The van der Waals surface area contributed by atoms with Gasteiger partial charge in [0.2, 0.25) is 5.91 Å². The molecule has 0 spiro atoms. The van der Waals surface area contributed by atoms with Crippen LogP contribution >= 0.6 is 0 Å². The van der Waals surface area contributed by atoms with Crippen LogP contribution < -0.4 is 5.32 Å². The van der Waals surface area contributed by atoms with Crippen molar-refractivity contribution in [3.63, 3.8) is 0 Å². The summed E-state index contributed by atoms with van der Waals surface area (Å²) < 4.78 is 0. The van der Waals surface area contributed by atoms with E-state index < -0.39 is 0 Å². The number of amides is 2. The van der Waals surface area contributed by atoms with Crippen LogP contribution in [-0.2, 0) is 11.3 Å². The summed E-state index contributed by atoms with van der Waals surface area (Å²) in [6.07, 6.45) is 1.95. The Balaban J connectivity index is 1.46. The summed E-state index contributed by atoms with van der Waals surface area (Å²) >= 11 is 0. The third kappa shape index (κ3) is 3.85. The zero-order chi connectivity index (χ0) is 18.8. The molecule has 0 aromatic heterocycles. The zero-order valence-corrected chi connectivity index (χ0v) is 15.3. The van der Waals surface area contributed by atoms with Gasteiger partial charge in [-0.25, -0.2) is 0 Å². The van der Waals surface area contributed by atoms with E-state index in [1.54, 1.807) is 29.2 Å². The molecular weight excluding hydrogens is 336 g/mol. The number of benzene rings is 3. The largest absolute Gasteiger partial charge is 0.337 e. The van der Waals surface area contributed by atoms with E-state index in [1.165, 1.54) is 5.39 Å². The van der Waals surface area contributed by atoms with E-state index in [0.717, 1.165) is 29.5 Å². The fourth-order valence-corrected chi connectivity index (χ4v) is 3.26. The average Bonchev–Trinajstić information content (AvgIpc) is 3.54. The van der Waals surface area contributed by atoms with Gasteiger partial charge in [0.15, 0.2) is 0 Å². The average molecular weight is 358 g/mol. The lowest BCUT2D eigenvalue weighted by Gasteiger charge is -2.19. The predicted molar refractivity (Wildman–Crippen MR) is 108 cm³/mol. The molecule has 4 heteroatoms. The molecule has 0 atom stereocenters. The summed E-state index contributed by atoms with van der Waals surface area (Å²) in [7, 11) is 1.81. The highest BCUT2D eigenvalue weighted by Crippen LogP contribution is 2.30. The zero-order valence-electron chi connectivity index (χ0n) is 15.3. The first-order valence-electron chi connectivity index (χ1n) is 9.25. The fraction of sp³-hybridized carbons (Fsp3) is 0.217. The Morgan fingerprint density at radius 1 is 0.963 bits per heavy atom. The molecule has 0 unspecified atom stereocenters. The predicted octanol–water partition coefficient (Wildman–Crippen LogP) is 4.46. The molecule has 1 saturated carbocycles. The molecule has 2 amide bonds. The maximum absolute atomic E-state index is 12.8. The Kier molecular flexibility index (Phi) is 4.63.